The summed E-state index contributed by atoms with van der Waals surface area (Å²) in [4.78, 5) is 0. The van der Waals surface area contributed by atoms with Crippen molar-refractivity contribution in [2.45, 2.75) is 25.2 Å². The van der Waals surface area contributed by atoms with Crippen LogP contribution in [0.1, 0.15) is 46.6 Å². The summed E-state index contributed by atoms with van der Waals surface area (Å²) in [5, 5.41) is 4.78. The molecule has 0 radical (unpaired) electrons. The maximum absolute atomic E-state index is 6.68. The molecule has 0 bridgehead atoms. The molecule has 55 heavy (non-hydrogen) atoms. The lowest BCUT2D eigenvalue weighted by molar-refractivity contribution is 0.655. The fourth-order valence-electron chi connectivity index (χ4n) is 9.37. The number of hydrogen-bond acceptors (Lipinski definition) is 1. The summed E-state index contributed by atoms with van der Waals surface area (Å²) >= 11 is 0. The van der Waals surface area contributed by atoms with Gasteiger partial charge in [-0.2, -0.15) is 0 Å². The van der Waals surface area contributed by atoms with E-state index in [1.807, 2.05) is 0 Å². The maximum atomic E-state index is 6.68. The first-order valence-corrected chi connectivity index (χ1v) is 19.7. The van der Waals surface area contributed by atoms with E-state index in [0.29, 0.717) is 11.8 Å². The molecule has 4 aliphatic rings. The average Bonchev–Trinajstić information content (AvgIpc) is 3.64. The van der Waals surface area contributed by atoms with Crippen LogP contribution in [0.4, 0.5) is 0 Å². The minimum absolute atomic E-state index is 0.181. The third-order valence-electron chi connectivity index (χ3n) is 12.2. The van der Waals surface area contributed by atoms with Gasteiger partial charge in [-0.05, 0) is 104 Å². The Hall–Kier alpha value is -6.44. The fourth-order valence-corrected chi connectivity index (χ4v) is 9.37. The zero-order valence-electron chi connectivity index (χ0n) is 30.7. The van der Waals surface area contributed by atoms with Crippen molar-refractivity contribution in [2.75, 3.05) is 0 Å². The molecule has 6 aromatic carbocycles. The van der Waals surface area contributed by atoms with Crippen molar-refractivity contribution in [1.29, 1.82) is 0 Å². The molecule has 1 aromatic heterocycles. The number of allylic oxidation sites excluding steroid dienone is 13. The van der Waals surface area contributed by atoms with Crippen molar-refractivity contribution in [3.8, 4) is 11.1 Å². The minimum atomic E-state index is 0.181. The molecule has 0 saturated carbocycles. The molecule has 3 atom stereocenters. The number of fused-ring (bicyclic) bond motifs is 7. The van der Waals surface area contributed by atoms with Crippen LogP contribution in [0.15, 0.2) is 198 Å². The van der Waals surface area contributed by atoms with Gasteiger partial charge in [0.15, 0.2) is 0 Å². The first-order chi connectivity index (χ1) is 27.2. The van der Waals surface area contributed by atoms with E-state index < -0.39 is 0 Å². The standard InChI is InChI=1S/C54H40O/c1-3-11-35(12-4-1)39-21-22-41-29-43(24-23-40(41)28-39)46-30-45(42-20-19-37-15-7-8-16-38(37)27-42)31-47(32-46)50-34-52-51-33-44(36-13-5-2-6-14-36)25-26-53(51)55-54(52)49-18-10-9-17-48(49)50/h1-20,23-31,33-34,37-38,47H,21-22,32H2. The number of rotatable bonds is 5. The van der Waals surface area contributed by atoms with E-state index in [2.05, 4.69) is 188 Å². The van der Waals surface area contributed by atoms with Crippen LogP contribution in [-0.2, 0) is 6.42 Å². The van der Waals surface area contributed by atoms with Crippen LogP contribution in [0, 0.1) is 11.8 Å². The van der Waals surface area contributed by atoms with Crippen LogP contribution in [0.5, 0.6) is 0 Å². The molecule has 0 spiro atoms. The van der Waals surface area contributed by atoms with E-state index in [9.17, 15) is 0 Å². The summed E-state index contributed by atoms with van der Waals surface area (Å²) in [5.74, 6) is 0.986. The molecule has 7 aromatic rings. The van der Waals surface area contributed by atoms with E-state index >= 15 is 0 Å². The summed E-state index contributed by atoms with van der Waals surface area (Å²) in [6.07, 6.45) is 26.7. The highest BCUT2D eigenvalue weighted by Gasteiger charge is 2.26. The molecule has 4 aliphatic carbocycles. The average molecular weight is 705 g/mol. The van der Waals surface area contributed by atoms with Crippen LogP contribution in [0.25, 0.3) is 61.1 Å². The van der Waals surface area contributed by atoms with Gasteiger partial charge in [0.2, 0.25) is 0 Å². The van der Waals surface area contributed by atoms with Gasteiger partial charge in [-0.1, -0.05) is 170 Å². The van der Waals surface area contributed by atoms with Gasteiger partial charge in [-0.15, -0.1) is 0 Å². The second kappa shape index (κ2) is 13.1. The Morgan fingerprint density at radius 2 is 1.25 bits per heavy atom. The van der Waals surface area contributed by atoms with Gasteiger partial charge in [-0.3, -0.25) is 0 Å². The van der Waals surface area contributed by atoms with Crippen molar-refractivity contribution in [3.05, 3.63) is 221 Å². The van der Waals surface area contributed by atoms with E-state index in [0.717, 1.165) is 35.8 Å². The summed E-state index contributed by atoms with van der Waals surface area (Å²) in [6, 6.07) is 46.6. The summed E-state index contributed by atoms with van der Waals surface area (Å²) in [5.41, 5.74) is 16.5. The molecule has 1 nitrogen and oxygen atoms in total. The van der Waals surface area contributed by atoms with Crippen molar-refractivity contribution >= 4 is 49.9 Å². The molecule has 0 saturated heterocycles. The first-order valence-electron chi connectivity index (χ1n) is 19.7. The predicted octanol–water partition coefficient (Wildman–Crippen LogP) is 14.2. The molecule has 262 valence electrons. The third kappa shape index (κ3) is 5.70. The molecular formula is C54H40O. The largest absolute Gasteiger partial charge is 0.455 e. The lowest BCUT2D eigenvalue weighted by Crippen LogP contribution is -2.13. The van der Waals surface area contributed by atoms with E-state index in [4.69, 9.17) is 4.42 Å². The van der Waals surface area contributed by atoms with E-state index in [-0.39, 0.29) is 5.92 Å². The lowest BCUT2D eigenvalue weighted by atomic mass is 9.76. The fraction of sp³-hybridized carbons (Fsp3) is 0.111. The molecule has 1 heteroatoms. The highest BCUT2D eigenvalue weighted by molar-refractivity contribution is 6.16. The zero-order chi connectivity index (χ0) is 36.3. The predicted molar refractivity (Wildman–Crippen MR) is 232 cm³/mol. The molecular weight excluding hydrogens is 665 g/mol. The Balaban J connectivity index is 1.05. The van der Waals surface area contributed by atoms with Gasteiger partial charge in [-0.25, -0.2) is 0 Å². The molecule has 0 aliphatic heterocycles. The smallest absolute Gasteiger partial charge is 0.143 e. The summed E-state index contributed by atoms with van der Waals surface area (Å²) < 4.78 is 6.68. The van der Waals surface area contributed by atoms with E-state index in [1.165, 1.54) is 77.4 Å². The molecule has 0 N–H and O–H groups in total. The van der Waals surface area contributed by atoms with E-state index in [1.54, 1.807) is 0 Å². The number of furan rings is 1. The second-order valence-electron chi connectivity index (χ2n) is 15.5. The number of aryl methyl sites for hydroxylation is 1. The van der Waals surface area contributed by atoms with Gasteiger partial charge >= 0.3 is 0 Å². The minimum Gasteiger partial charge on any atom is -0.455 e. The molecule has 1 heterocycles. The monoisotopic (exact) mass is 704 g/mol. The number of benzene rings is 6. The Morgan fingerprint density at radius 3 is 2.11 bits per heavy atom. The van der Waals surface area contributed by atoms with Crippen LogP contribution in [0.2, 0.25) is 0 Å². The summed E-state index contributed by atoms with van der Waals surface area (Å²) in [6.45, 7) is 0. The van der Waals surface area contributed by atoms with Crippen molar-refractivity contribution < 1.29 is 4.42 Å². The zero-order valence-corrected chi connectivity index (χ0v) is 30.7. The second-order valence-corrected chi connectivity index (χ2v) is 15.5. The quantitative estimate of drug-likeness (QED) is 0.174. The van der Waals surface area contributed by atoms with Gasteiger partial charge in [0.05, 0.1) is 0 Å². The van der Waals surface area contributed by atoms with Crippen molar-refractivity contribution in [2.24, 2.45) is 11.8 Å². The van der Waals surface area contributed by atoms with Crippen LogP contribution >= 0.6 is 0 Å². The number of hydrogen-bond donors (Lipinski definition) is 0. The topological polar surface area (TPSA) is 13.1 Å². The van der Waals surface area contributed by atoms with Gasteiger partial charge in [0.1, 0.15) is 11.2 Å². The van der Waals surface area contributed by atoms with Crippen molar-refractivity contribution in [3.63, 3.8) is 0 Å². The molecule has 0 fully saturated rings. The SMILES string of the molecule is C1=CC2C=CC(C3=CC(c4cc5c6cc(-c7ccccc7)ccc6oc5c5ccccc45)CC(c4ccc5c(c4)CCC(c4ccccc4)=C5)=C3)=CC2C=C1. The Bertz CT molecular complexity index is 2880. The molecule has 0 amide bonds. The van der Waals surface area contributed by atoms with Crippen molar-refractivity contribution in [1.82, 2.24) is 0 Å². The van der Waals surface area contributed by atoms with Crippen LogP contribution < -0.4 is 0 Å². The van der Waals surface area contributed by atoms with Gasteiger partial charge in [0, 0.05) is 33.9 Å². The van der Waals surface area contributed by atoms with Crippen LogP contribution in [-0.4, -0.2) is 0 Å². The first kappa shape index (κ1) is 32.0. The highest BCUT2D eigenvalue weighted by Crippen LogP contribution is 2.46. The summed E-state index contributed by atoms with van der Waals surface area (Å²) in [7, 11) is 0. The van der Waals surface area contributed by atoms with Gasteiger partial charge in [0.25, 0.3) is 0 Å². The normalized spacial score (nSPS) is 20.2. The maximum Gasteiger partial charge on any atom is 0.143 e. The Kier molecular flexibility index (Phi) is 7.66. The molecule has 3 unspecified atom stereocenters. The highest BCUT2D eigenvalue weighted by atomic mass is 16.3. The van der Waals surface area contributed by atoms with Gasteiger partial charge < -0.3 is 4.42 Å². The Labute approximate surface area is 322 Å². The molecule has 11 rings (SSSR count). The Morgan fingerprint density at radius 1 is 0.491 bits per heavy atom. The van der Waals surface area contributed by atoms with Crippen LogP contribution in [0.3, 0.4) is 0 Å². The lowest BCUT2D eigenvalue weighted by Gasteiger charge is -2.28. The third-order valence-corrected chi connectivity index (χ3v) is 12.2.